The number of hydrogen-bond donors (Lipinski definition) is 3. The van der Waals surface area contributed by atoms with E-state index in [-0.39, 0.29) is 19.0 Å². The highest BCUT2D eigenvalue weighted by Crippen LogP contribution is 2.07. The Morgan fingerprint density at radius 2 is 2.35 bits per heavy atom. The summed E-state index contributed by atoms with van der Waals surface area (Å²) in [6.45, 7) is 2.20. The van der Waals surface area contributed by atoms with Crippen molar-refractivity contribution >= 4 is 11.9 Å². The highest BCUT2D eigenvalue weighted by molar-refractivity contribution is 5.95. The van der Waals surface area contributed by atoms with E-state index in [4.69, 9.17) is 4.42 Å². The van der Waals surface area contributed by atoms with Crippen molar-refractivity contribution in [1.82, 2.24) is 20.9 Å². The second-order valence-corrected chi connectivity index (χ2v) is 4.82. The average molecular weight is 280 g/mol. The van der Waals surface area contributed by atoms with Crippen LogP contribution < -0.4 is 16.0 Å². The molecule has 3 amide bonds. The second-order valence-electron chi connectivity index (χ2n) is 4.82. The lowest BCUT2D eigenvalue weighted by atomic mass is 10.3. The minimum absolute atomic E-state index is 0.242. The molecule has 2 heterocycles. The molecular formula is C13H20N4O3. The number of imide groups is 1. The Hall–Kier alpha value is -1.86. The molecule has 0 aliphatic carbocycles. The van der Waals surface area contributed by atoms with E-state index in [1.54, 1.807) is 12.1 Å². The molecule has 2 rings (SSSR count). The summed E-state index contributed by atoms with van der Waals surface area (Å²) in [4.78, 5) is 25.3. The minimum Gasteiger partial charge on any atom is -0.467 e. The molecule has 1 aromatic rings. The van der Waals surface area contributed by atoms with Crippen LogP contribution in [0.4, 0.5) is 4.79 Å². The van der Waals surface area contributed by atoms with Crippen LogP contribution in [0.15, 0.2) is 22.8 Å². The summed E-state index contributed by atoms with van der Waals surface area (Å²) in [7, 11) is 1.91. The number of nitrogens with one attached hydrogen (secondary N) is 3. The number of amides is 3. The van der Waals surface area contributed by atoms with Crippen LogP contribution >= 0.6 is 0 Å². The van der Waals surface area contributed by atoms with E-state index in [9.17, 15) is 9.59 Å². The Kier molecular flexibility index (Phi) is 5.14. The molecule has 7 heteroatoms. The van der Waals surface area contributed by atoms with Crippen molar-refractivity contribution in [2.75, 3.05) is 26.7 Å². The van der Waals surface area contributed by atoms with E-state index in [1.165, 1.54) is 6.26 Å². The summed E-state index contributed by atoms with van der Waals surface area (Å²) in [6.07, 6.45) is 2.56. The van der Waals surface area contributed by atoms with Crippen LogP contribution in [0.25, 0.3) is 0 Å². The first-order valence-corrected chi connectivity index (χ1v) is 6.67. The third-order valence-electron chi connectivity index (χ3n) is 3.30. The highest BCUT2D eigenvalue weighted by atomic mass is 16.3. The van der Waals surface area contributed by atoms with E-state index in [2.05, 4.69) is 16.0 Å². The van der Waals surface area contributed by atoms with Crippen LogP contribution in [0.5, 0.6) is 0 Å². The van der Waals surface area contributed by atoms with E-state index >= 15 is 0 Å². The molecule has 0 aromatic carbocycles. The molecule has 20 heavy (non-hydrogen) atoms. The molecule has 1 unspecified atom stereocenters. The molecule has 1 aromatic heterocycles. The first-order chi connectivity index (χ1) is 9.67. The summed E-state index contributed by atoms with van der Waals surface area (Å²) in [5, 5.41) is 8.06. The van der Waals surface area contributed by atoms with Crippen molar-refractivity contribution in [1.29, 1.82) is 0 Å². The maximum atomic E-state index is 11.7. The fourth-order valence-corrected chi connectivity index (χ4v) is 2.21. The highest BCUT2D eigenvalue weighted by Gasteiger charge is 2.23. The summed E-state index contributed by atoms with van der Waals surface area (Å²) < 4.78 is 5.08. The SMILES string of the molecule is CNC1CCN(CC(=O)NC(=O)NCc2ccco2)C1. The predicted molar refractivity (Wildman–Crippen MR) is 73.0 cm³/mol. The standard InChI is InChI=1S/C13H20N4O3/c1-14-10-4-5-17(8-10)9-12(18)16-13(19)15-7-11-3-2-6-20-11/h2-3,6,10,14H,4-5,7-9H2,1H3,(H2,15,16,18,19). The number of furan rings is 1. The fraction of sp³-hybridized carbons (Fsp3) is 0.538. The Bertz CT molecular complexity index is 446. The first kappa shape index (κ1) is 14.5. The molecule has 1 aliphatic rings. The number of carbonyl (C=O) groups excluding carboxylic acids is 2. The number of likely N-dealkylation sites (N-methyl/N-ethyl adjacent to an activating group) is 1. The number of likely N-dealkylation sites (tertiary alicyclic amines) is 1. The minimum atomic E-state index is -0.504. The van der Waals surface area contributed by atoms with Crippen LogP contribution in [0.2, 0.25) is 0 Å². The van der Waals surface area contributed by atoms with Gasteiger partial charge in [0.2, 0.25) is 5.91 Å². The lowest BCUT2D eigenvalue weighted by Gasteiger charge is -2.15. The summed E-state index contributed by atoms with van der Waals surface area (Å²) in [6, 6.07) is 3.42. The molecule has 1 aliphatic heterocycles. The van der Waals surface area contributed by atoms with Crippen molar-refractivity contribution in [3.05, 3.63) is 24.2 Å². The molecule has 7 nitrogen and oxygen atoms in total. The molecule has 0 radical (unpaired) electrons. The smallest absolute Gasteiger partial charge is 0.321 e. The van der Waals surface area contributed by atoms with Crippen molar-refractivity contribution in [3.63, 3.8) is 0 Å². The molecule has 110 valence electrons. The Balaban J connectivity index is 1.65. The third-order valence-corrected chi connectivity index (χ3v) is 3.30. The molecule has 0 bridgehead atoms. The second kappa shape index (κ2) is 7.06. The monoisotopic (exact) mass is 280 g/mol. The summed E-state index contributed by atoms with van der Waals surface area (Å²) in [5.41, 5.74) is 0. The first-order valence-electron chi connectivity index (χ1n) is 6.67. The van der Waals surface area contributed by atoms with Gasteiger partial charge >= 0.3 is 6.03 Å². The fourth-order valence-electron chi connectivity index (χ4n) is 2.21. The van der Waals surface area contributed by atoms with Gasteiger partial charge in [0, 0.05) is 19.1 Å². The largest absolute Gasteiger partial charge is 0.467 e. The number of nitrogens with zero attached hydrogens (tertiary/aromatic N) is 1. The topological polar surface area (TPSA) is 86.6 Å². The lowest BCUT2D eigenvalue weighted by Crippen LogP contribution is -2.44. The van der Waals surface area contributed by atoms with Crippen LogP contribution in [-0.2, 0) is 11.3 Å². The average Bonchev–Trinajstić information content (AvgIpc) is 3.06. The molecule has 0 saturated carbocycles. The van der Waals surface area contributed by atoms with Gasteiger partial charge in [0.25, 0.3) is 0 Å². The number of rotatable bonds is 5. The number of carbonyl (C=O) groups is 2. The van der Waals surface area contributed by atoms with Gasteiger partial charge in [0.1, 0.15) is 5.76 Å². The van der Waals surface area contributed by atoms with Gasteiger partial charge in [-0.1, -0.05) is 0 Å². The quantitative estimate of drug-likeness (QED) is 0.701. The van der Waals surface area contributed by atoms with Crippen molar-refractivity contribution in [3.8, 4) is 0 Å². The van der Waals surface area contributed by atoms with Crippen molar-refractivity contribution < 1.29 is 14.0 Å². The maximum Gasteiger partial charge on any atom is 0.321 e. The zero-order valence-electron chi connectivity index (χ0n) is 11.5. The molecule has 1 saturated heterocycles. The van der Waals surface area contributed by atoms with Gasteiger partial charge in [-0.2, -0.15) is 0 Å². The maximum absolute atomic E-state index is 11.7. The van der Waals surface area contributed by atoms with Crippen LogP contribution in [0.3, 0.4) is 0 Å². The lowest BCUT2D eigenvalue weighted by molar-refractivity contribution is -0.120. The zero-order valence-corrected chi connectivity index (χ0v) is 11.5. The summed E-state index contributed by atoms with van der Waals surface area (Å²) in [5.74, 6) is 0.350. The third kappa shape index (κ3) is 4.36. The predicted octanol–water partition coefficient (Wildman–Crippen LogP) is -0.101. The molecule has 1 atom stereocenters. The van der Waals surface area contributed by atoms with Crippen LogP contribution in [-0.4, -0.2) is 49.6 Å². The molecule has 1 fully saturated rings. The van der Waals surface area contributed by atoms with Gasteiger partial charge in [0.05, 0.1) is 19.4 Å². The van der Waals surface area contributed by atoms with E-state index in [0.717, 1.165) is 19.5 Å². The molecule has 3 N–H and O–H groups in total. The molecular weight excluding hydrogens is 260 g/mol. The van der Waals surface area contributed by atoms with Gasteiger partial charge in [-0.05, 0) is 25.6 Å². The van der Waals surface area contributed by atoms with Crippen molar-refractivity contribution in [2.45, 2.75) is 19.0 Å². The van der Waals surface area contributed by atoms with E-state index in [1.807, 2.05) is 11.9 Å². The zero-order chi connectivity index (χ0) is 14.4. The molecule has 0 spiro atoms. The Labute approximate surface area is 117 Å². The van der Waals surface area contributed by atoms with Crippen molar-refractivity contribution in [2.24, 2.45) is 0 Å². The van der Waals surface area contributed by atoms with Gasteiger partial charge in [-0.3, -0.25) is 15.0 Å². The number of hydrogen-bond acceptors (Lipinski definition) is 5. The van der Waals surface area contributed by atoms with E-state index < -0.39 is 6.03 Å². The van der Waals surface area contributed by atoms with E-state index in [0.29, 0.717) is 11.8 Å². The number of urea groups is 1. The van der Waals surface area contributed by atoms with Crippen LogP contribution in [0, 0.1) is 0 Å². The Morgan fingerprint density at radius 1 is 1.50 bits per heavy atom. The van der Waals surface area contributed by atoms with Gasteiger partial charge in [-0.15, -0.1) is 0 Å². The Morgan fingerprint density at radius 3 is 3.00 bits per heavy atom. The van der Waals surface area contributed by atoms with Gasteiger partial charge in [0.15, 0.2) is 0 Å². The van der Waals surface area contributed by atoms with Gasteiger partial charge in [-0.25, -0.2) is 4.79 Å². The normalized spacial score (nSPS) is 18.9. The van der Waals surface area contributed by atoms with Crippen LogP contribution in [0.1, 0.15) is 12.2 Å². The summed E-state index contributed by atoms with van der Waals surface area (Å²) >= 11 is 0. The van der Waals surface area contributed by atoms with Gasteiger partial charge < -0.3 is 15.1 Å².